The molecule has 4 rings (SSSR count). The summed E-state index contributed by atoms with van der Waals surface area (Å²) in [7, 11) is -4.01. The fourth-order valence-electron chi connectivity index (χ4n) is 2.82. The predicted octanol–water partition coefficient (Wildman–Crippen LogP) is 5.46. The van der Waals surface area contributed by atoms with Crippen LogP contribution in [0.3, 0.4) is 0 Å². The number of benzene rings is 3. The fraction of sp³-hybridized carbons (Fsp3) is 0. The number of nitrogens with zero attached hydrogens (tertiary/aromatic N) is 1. The molecular formula is C19H11Cl2NO3S. The number of fused-ring (bicyclic) bond motifs is 3. The van der Waals surface area contributed by atoms with Gasteiger partial charge in [0.15, 0.2) is 5.75 Å². The van der Waals surface area contributed by atoms with Crippen LogP contribution in [0.15, 0.2) is 71.8 Å². The van der Waals surface area contributed by atoms with Gasteiger partial charge in [-0.25, -0.2) is 4.98 Å². The van der Waals surface area contributed by atoms with E-state index in [0.717, 1.165) is 10.8 Å². The van der Waals surface area contributed by atoms with E-state index in [4.69, 9.17) is 27.4 Å². The summed E-state index contributed by atoms with van der Waals surface area (Å²) in [6.07, 6.45) is 1.56. The van der Waals surface area contributed by atoms with E-state index < -0.39 is 10.1 Å². The van der Waals surface area contributed by atoms with E-state index >= 15 is 0 Å². The van der Waals surface area contributed by atoms with Crippen LogP contribution in [-0.2, 0) is 10.1 Å². The summed E-state index contributed by atoms with van der Waals surface area (Å²) in [4.78, 5) is 4.12. The Morgan fingerprint density at radius 2 is 1.65 bits per heavy atom. The maximum Gasteiger partial charge on any atom is 0.339 e. The Kier molecular flexibility index (Phi) is 4.23. The molecule has 0 radical (unpaired) electrons. The van der Waals surface area contributed by atoms with Gasteiger partial charge in [0, 0.05) is 11.2 Å². The zero-order chi connectivity index (χ0) is 18.3. The quantitative estimate of drug-likeness (QED) is 0.258. The molecule has 0 saturated carbocycles. The van der Waals surface area contributed by atoms with E-state index in [1.807, 2.05) is 0 Å². The Labute approximate surface area is 160 Å². The molecule has 0 amide bonds. The smallest absolute Gasteiger partial charge is 0.339 e. The Morgan fingerprint density at radius 1 is 0.885 bits per heavy atom. The SMILES string of the molecule is O=S(=O)(Oc1cc2ccc(Cl)cc2c2ccnc(Cl)c12)c1ccccc1. The van der Waals surface area contributed by atoms with Crippen molar-refractivity contribution in [3.8, 4) is 5.75 Å². The average Bonchev–Trinajstić information content (AvgIpc) is 2.63. The summed E-state index contributed by atoms with van der Waals surface area (Å²) in [5.74, 6) is 0.122. The van der Waals surface area contributed by atoms with Gasteiger partial charge in [-0.05, 0) is 52.6 Å². The van der Waals surface area contributed by atoms with Crippen LogP contribution in [0, 0.1) is 0 Å². The third kappa shape index (κ3) is 2.98. The first kappa shape index (κ1) is 17.1. The lowest BCUT2D eigenvalue weighted by atomic mass is 10.0. The van der Waals surface area contributed by atoms with Crippen LogP contribution >= 0.6 is 23.2 Å². The maximum atomic E-state index is 12.6. The molecule has 0 atom stereocenters. The Balaban J connectivity index is 1.99. The van der Waals surface area contributed by atoms with Crippen LogP contribution < -0.4 is 4.18 Å². The highest BCUT2D eigenvalue weighted by atomic mass is 35.5. The van der Waals surface area contributed by atoms with Gasteiger partial charge >= 0.3 is 10.1 Å². The fourth-order valence-corrected chi connectivity index (χ4v) is 4.19. The van der Waals surface area contributed by atoms with Gasteiger partial charge < -0.3 is 4.18 Å². The van der Waals surface area contributed by atoms with E-state index in [-0.39, 0.29) is 15.8 Å². The third-order valence-electron chi connectivity index (χ3n) is 3.97. The predicted molar refractivity (Wildman–Crippen MR) is 104 cm³/mol. The molecule has 4 aromatic rings. The van der Waals surface area contributed by atoms with Crippen LogP contribution in [0.5, 0.6) is 5.75 Å². The molecule has 0 fully saturated rings. The topological polar surface area (TPSA) is 56.3 Å². The van der Waals surface area contributed by atoms with Crippen molar-refractivity contribution in [2.24, 2.45) is 0 Å². The molecule has 0 aliphatic carbocycles. The van der Waals surface area contributed by atoms with Gasteiger partial charge in [0.25, 0.3) is 0 Å². The highest BCUT2D eigenvalue weighted by Crippen LogP contribution is 2.38. The first-order chi connectivity index (χ1) is 12.5. The second kappa shape index (κ2) is 6.43. The summed E-state index contributed by atoms with van der Waals surface area (Å²) in [5, 5.41) is 3.47. The molecule has 4 nitrogen and oxygen atoms in total. The minimum atomic E-state index is -4.01. The lowest BCUT2D eigenvalue weighted by molar-refractivity contribution is 0.489. The molecule has 0 spiro atoms. The van der Waals surface area contributed by atoms with Gasteiger partial charge in [0.2, 0.25) is 0 Å². The van der Waals surface area contributed by atoms with E-state index in [1.165, 1.54) is 12.1 Å². The molecule has 0 aliphatic rings. The first-order valence-corrected chi connectivity index (χ1v) is 9.78. The van der Waals surface area contributed by atoms with E-state index in [0.29, 0.717) is 15.8 Å². The minimum absolute atomic E-state index is 0.0596. The molecule has 0 saturated heterocycles. The Morgan fingerprint density at radius 3 is 2.42 bits per heavy atom. The van der Waals surface area contributed by atoms with Crippen LogP contribution in [0.1, 0.15) is 0 Å². The zero-order valence-corrected chi connectivity index (χ0v) is 15.5. The van der Waals surface area contributed by atoms with Gasteiger partial charge in [-0.15, -0.1) is 0 Å². The summed E-state index contributed by atoms with van der Waals surface area (Å²) in [5.41, 5.74) is 0. The number of aromatic nitrogens is 1. The van der Waals surface area contributed by atoms with Crippen molar-refractivity contribution in [3.63, 3.8) is 0 Å². The first-order valence-electron chi connectivity index (χ1n) is 7.62. The van der Waals surface area contributed by atoms with E-state index in [2.05, 4.69) is 4.98 Å². The highest BCUT2D eigenvalue weighted by molar-refractivity contribution is 7.87. The van der Waals surface area contributed by atoms with Crippen LogP contribution in [-0.4, -0.2) is 13.4 Å². The number of hydrogen-bond acceptors (Lipinski definition) is 4. The monoisotopic (exact) mass is 403 g/mol. The van der Waals surface area contributed by atoms with Crippen molar-refractivity contribution in [1.82, 2.24) is 4.98 Å². The van der Waals surface area contributed by atoms with Gasteiger partial charge in [0.1, 0.15) is 10.0 Å². The summed E-state index contributed by atoms with van der Waals surface area (Å²) in [6, 6.07) is 16.6. The van der Waals surface area contributed by atoms with Crippen LogP contribution in [0.2, 0.25) is 10.2 Å². The summed E-state index contributed by atoms with van der Waals surface area (Å²) >= 11 is 12.4. The number of halogens is 2. The van der Waals surface area contributed by atoms with E-state index in [9.17, 15) is 8.42 Å². The van der Waals surface area contributed by atoms with Crippen molar-refractivity contribution in [2.75, 3.05) is 0 Å². The number of hydrogen-bond donors (Lipinski definition) is 0. The molecule has 1 heterocycles. The van der Waals surface area contributed by atoms with Gasteiger partial charge in [-0.2, -0.15) is 8.42 Å². The third-order valence-corrected chi connectivity index (χ3v) is 5.74. The normalized spacial score (nSPS) is 11.8. The minimum Gasteiger partial charge on any atom is -0.378 e. The molecule has 26 heavy (non-hydrogen) atoms. The zero-order valence-electron chi connectivity index (χ0n) is 13.2. The number of pyridine rings is 1. The van der Waals surface area contributed by atoms with Crippen LogP contribution in [0.4, 0.5) is 0 Å². The van der Waals surface area contributed by atoms with Gasteiger partial charge in [0.05, 0.1) is 5.39 Å². The average molecular weight is 404 g/mol. The van der Waals surface area contributed by atoms with Crippen molar-refractivity contribution >= 4 is 54.9 Å². The Hall–Kier alpha value is -2.34. The van der Waals surface area contributed by atoms with Crippen molar-refractivity contribution in [2.45, 2.75) is 4.90 Å². The Bertz CT molecular complexity index is 1240. The molecule has 1 aromatic heterocycles. The standard InChI is InChI=1S/C19H11Cl2NO3S/c20-13-7-6-12-10-17(25-26(23,24)14-4-2-1-3-5-14)18-15(16(12)11-13)8-9-22-19(18)21/h1-11H. The lowest BCUT2D eigenvalue weighted by Gasteiger charge is -2.13. The summed E-state index contributed by atoms with van der Waals surface area (Å²) < 4.78 is 30.7. The lowest BCUT2D eigenvalue weighted by Crippen LogP contribution is -2.10. The van der Waals surface area contributed by atoms with Crippen molar-refractivity contribution in [1.29, 1.82) is 0 Å². The molecule has 0 aliphatic heterocycles. The molecule has 3 aromatic carbocycles. The van der Waals surface area contributed by atoms with Gasteiger partial charge in [-0.1, -0.05) is 47.5 Å². The second-order valence-electron chi connectivity index (χ2n) is 5.61. The van der Waals surface area contributed by atoms with Crippen LogP contribution in [0.25, 0.3) is 21.5 Å². The number of rotatable bonds is 3. The molecule has 0 N–H and O–H groups in total. The summed E-state index contributed by atoms with van der Waals surface area (Å²) in [6.45, 7) is 0. The largest absolute Gasteiger partial charge is 0.378 e. The van der Waals surface area contributed by atoms with Crippen molar-refractivity contribution in [3.05, 3.63) is 77.0 Å². The molecular weight excluding hydrogens is 393 g/mol. The van der Waals surface area contributed by atoms with E-state index in [1.54, 1.807) is 54.7 Å². The molecule has 130 valence electrons. The molecule has 7 heteroatoms. The molecule has 0 unspecified atom stereocenters. The van der Waals surface area contributed by atoms with Gasteiger partial charge in [-0.3, -0.25) is 0 Å². The molecule has 0 bridgehead atoms. The van der Waals surface area contributed by atoms with Crippen molar-refractivity contribution < 1.29 is 12.6 Å². The highest BCUT2D eigenvalue weighted by Gasteiger charge is 2.20. The second-order valence-corrected chi connectivity index (χ2v) is 7.96. The maximum absolute atomic E-state index is 12.6.